The van der Waals surface area contributed by atoms with Crippen LogP contribution < -0.4 is 0 Å². The Bertz CT molecular complexity index is 102. The fourth-order valence-electron chi connectivity index (χ4n) is 0.690. The van der Waals surface area contributed by atoms with Crippen LogP contribution in [-0.2, 0) is 9.47 Å². The van der Waals surface area contributed by atoms with E-state index in [0.29, 0.717) is 6.61 Å². The van der Waals surface area contributed by atoms with Crippen molar-refractivity contribution in [2.75, 3.05) is 13.2 Å². The summed E-state index contributed by atoms with van der Waals surface area (Å²) in [4.78, 5) is 0. The van der Waals surface area contributed by atoms with Crippen LogP contribution >= 0.6 is 0 Å². The average molecular weight is 130 g/mol. The van der Waals surface area contributed by atoms with Crippen LogP contribution in [0.5, 0.6) is 0 Å². The molecule has 3 heteroatoms. The van der Waals surface area contributed by atoms with Crippen LogP contribution in [0.25, 0.3) is 0 Å². The van der Waals surface area contributed by atoms with Crippen molar-refractivity contribution in [3.8, 4) is 0 Å². The van der Waals surface area contributed by atoms with Crippen molar-refractivity contribution in [3.63, 3.8) is 0 Å². The summed E-state index contributed by atoms with van der Waals surface area (Å²) in [5, 5.41) is 8.54. The first-order valence-corrected chi connectivity index (χ1v) is 2.87. The van der Waals surface area contributed by atoms with Gasteiger partial charge in [-0.25, -0.2) is 0 Å². The van der Waals surface area contributed by atoms with Crippen molar-refractivity contribution in [1.82, 2.24) is 0 Å². The summed E-state index contributed by atoms with van der Waals surface area (Å²) >= 11 is 0. The average Bonchev–Trinajstić information content (AvgIpc) is 2.34. The molecule has 52 valence electrons. The lowest BCUT2D eigenvalue weighted by molar-refractivity contribution is -0.0296. The quantitative estimate of drug-likeness (QED) is 0.531. The molecule has 1 rings (SSSR count). The third-order valence-corrected chi connectivity index (χ3v) is 1.17. The standard InChI is InChI=1S/C6H10O3/c1-2-6-8-4-5(3-7)9-6/h2,5-7H,1,3-4H2. The molecule has 0 aliphatic carbocycles. The minimum Gasteiger partial charge on any atom is -0.394 e. The van der Waals surface area contributed by atoms with Gasteiger partial charge in [0.2, 0.25) is 0 Å². The molecule has 1 aliphatic heterocycles. The molecule has 1 saturated heterocycles. The zero-order chi connectivity index (χ0) is 6.69. The van der Waals surface area contributed by atoms with Crippen molar-refractivity contribution >= 4 is 0 Å². The van der Waals surface area contributed by atoms with Gasteiger partial charge in [0.15, 0.2) is 6.29 Å². The second-order valence-corrected chi connectivity index (χ2v) is 1.88. The summed E-state index contributed by atoms with van der Waals surface area (Å²) < 4.78 is 10.1. The summed E-state index contributed by atoms with van der Waals surface area (Å²) in [5.74, 6) is 0. The number of ether oxygens (including phenoxy) is 2. The van der Waals surface area contributed by atoms with E-state index in [1.54, 1.807) is 6.08 Å². The van der Waals surface area contributed by atoms with E-state index in [2.05, 4.69) is 6.58 Å². The molecule has 0 aromatic heterocycles. The molecule has 9 heavy (non-hydrogen) atoms. The summed E-state index contributed by atoms with van der Waals surface area (Å²) in [7, 11) is 0. The van der Waals surface area contributed by atoms with E-state index in [1.807, 2.05) is 0 Å². The summed E-state index contributed by atoms with van der Waals surface area (Å²) in [5.41, 5.74) is 0. The monoisotopic (exact) mass is 130 g/mol. The van der Waals surface area contributed by atoms with Gasteiger partial charge in [0.1, 0.15) is 6.10 Å². The predicted octanol–water partition coefficient (Wildman–Crippen LogP) is -0.0938. The molecule has 0 spiro atoms. The van der Waals surface area contributed by atoms with Crippen LogP contribution in [0.2, 0.25) is 0 Å². The maximum Gasteiger partial charge on any atom is 0.177 e. The third-order valence-electron chi connectivity index (χ3n) is 1.17. The van der Waals surface area contributed by atoms with E-state index in [9.17, 15) is 0 Å². The highest BCUT2D eigenvalue weighted by Crippen LogP contribution is 2.10. The summed E-state index contributed by atoms with van der Waals surface area (Å²) in [6.07, 6.45) is 1.09. The Morgan fingerprint density at radius 2 is 2.56 bits per heavy atom. The first-order valence-electron chi connectivity index (χ1n) is 2.87. The fourth-order valence-corrected chi connectivity index (χ4v) is 0.690. The minimum absolute atomic E-state index is 0.0182. The Kier molecular flexibility index (Phi) is 2.22. The third kappa shape index (κ3) is 1.51. The van der Waals surface area contributed by atoms with Gasteiger partial charge in [0.05, 0.1) is 13.2 Å². The number of aliphatic hydroxyl groups excluding tert-OH is 1. The van der Waals surface area contributed by atoms with Gasteiger partial charge in [-0.05, 0) is 6.08 Å². The molecular formula is C6H10O3. The maximum atomic E-state index is 8.54. The first kappa shape index (κ1) is 6.74. The van der Waals surface area contributed by atoms with E-state index in [4.69, 9.17) is 14.6 Å². The number of hydrogen-bond acceptors (Lipinski definition) is 3. The van der Waals surface area contributed by atoms with Crippen molar-refractivity contribution < 1.29 is 14.6 Å². The Morgan fingerprint density at radius 3 is 2.89 bits per heavy atom. The van der Waals surface area contributed by atoms with Crippen molar-refractivity contribution in [1.29, 1.82) is 0 Å². The molecule has 0 amide bonds. The Labute approximate surface area is 53.9 Å². The van der Waals surface area contributed by atoms with Gasteiger partial charge in [-0.3, -0.25) is 0 Å². The topological polar surface area (TPSA) is 38.7 Å². The van der Waals surface area contributed by atoms with Gasteiger partial charge < -0.3 is 14.6 Å². The van der Waals surface area contributed by atoms with Gasteiger partial charge in [0.25, 0.3) is 0 Å². The van der Waals surface area contributed by atoms with Crippen LogP contribution in [0.1, 0.15) is 0 Å². The van der Waals surface area contributed by atoms with Crippen LogP contribution in [0, 0.1) is 0 Å². The summed E-state index contributed by atoms with van der Waals surface area (Å²) in [6.45, 7) is 3.96. The molecule has 1 fully saturated rings. The lowest BCUT2D eigenvalue weighted by atomic mass is 10.4. The SMILES string of the molecule is C=CC1OCC(CO)O1. The summed E-state index contributed by atoms with van der Waals surface area (Å²) in [6, 6.07) is 0. The van der Waals surface area contributed by atoms with Crippen molar-refractivity contribution in [2.24, 2.45) is 0 Å². The van der Waals surface area contributed by atoms with Crippen LogP contribution in [0.15, 0.2) is 12.7 Å². The highest BCUT2D eigenvalue weighted by atomic mass is 16.7. The molecule has 1 heterocycles. The Balaban J connectivity index is 2.28. The molecule has 0 aromatic rings. The molecule has 1 aliphatic rings. The second kappa shape index (κ2) is 2.96. The molecule has 3 nitrogen and oxygen atoms in total. The molecule has 0 saturated carbocycles. The van der Waals surface area contributed by atoms with Crippen molar-refractivity contribution in [2.45, 2.75) is 12.4 Å². The zero-order valence-corrected chi connectivity index (χ0v) is 5.12. The van der Waals surface area contributed by atoms with Crippen LogP contribution in [0.4, 0.5) is 0 Å². The zero-order valence-electron chi connectivity index (χ0n) is 5.12. The molecule has 2 unspecified atom stereocenters. The Morgan fingerprint density at radius 1 is 1.78 bits per heavy atom. The van der Waals surface area contributed by atoms with Gasteiger partial charge in [-0.15, -0.1) is 0 Å². The predicted molar refractivity (Wildman–Crippen MR) is 31.9 cm³/mol. The smallest absolute Gasteiger partial charge is 0.177 e. The first-order chi connectivity index (χ1) is 4.36. The molecule has 1 N–H and O–H groups in total. The molecular weight excluding hydrogens is 120 g/mol. The van der Waals surface area contributed by atoms with E-state index in [1.165, 1.54) is 0 Å². The molecule has 2 atom stereocenters. The van der Waals surface area contributed by atoms with E-state index < -0.39 is 0 Å². The number of hydrogen-bond donors (Lipinski definition) is 1. The van der Waals surface area contributed by atoms with Gasteiger partial charge in [0, 0.05) is 0 Å². The highest BCUT2D eigenvalue weighted by Gasteiger charge is 2.21. The maximum absolute atomic E-state index is 8.54. The van der Waals surface area contributed by atoms with E-state index in [-0.39, 0.29) is 19.0 Å². The van der Waals surface area contributed by atoms with Crippen LogP contribution in [-0.4, -0.2) is 30.7 Å². The second-order valence-electron chi connectivity index (χ2n) is 1.88. The van der Waals surface area contributed by atoms with E-state index in [0.717, 1.165) is 0 Å². The van der Waals surface area contributed by atoms with Gasteiger partial charge in [-0.2, -0.15) is 0 Å². The lowest BCUT2D eigenvalue weighted by Crippen LogP contribution is -2.15. The normalized spacial score (nSPS) is 34.8. The van der Waals surface area contributed by atoms with E-state index >= 15 is 0 Å². The fraction of sp³-hybridized carbons (Fsp3) is 0.667. The number of rotatable bonds is 2. The minimum atomic E-state index is -0.317. The largest absolute Gasteiger partial charge is 0.394 e. The van der Waals surface area contributed by atoms with Crippen molar-refractivity contribution in [3.05, 3.63) is 12.7 Å². The lowest BCUT2D eigenvalue weighted by Gasteiger charge is -2.02. The molecule has 0 radical (unpaired) electrons. The number of aliphatic hydroxyl groups is 1. The highest BCUT2D eigenvalue weighted by molar-refractivity contribution is 4.77. The van der Waals surface area contributed by atoms with Gasteiger partial charge in [-0.1, -0.05) is 6.58 Å². The Hall–Kier alpha value is -0.380. The molecule has 0 bridgehead atoms. The van der Waals surface area contributed by atoms with Gasteiger partial charge >= 0.3 is 0 Å². The molecule has 0 aromatic carbocycles. The van der Waals surface area contributed by atoms with Crippen LogP contribution in [0.3, 0.4) is 0 Å².